The molecule has 2 aromatic rings. The molecule has 1 atom stereocenters. The lowest BCUT2D eigenvalue weighted by atomic mass is 10.1. The van der Waals surface area contributed by atoms with E-state index in [1.165, 1.54) is 12.8 Å². The quantitative estimate of drug-likeness (QED) is 0.892. The molecule has 2 aliphatic rings. The van der Waals surface area contributed by atoms with Crippen LogP contribution in [0.3, 0.4) is 0 Å². The number of hydrogen-bond donors (Lipinski definition) is 2. The molecule has 1 unspecified atom stereocenters. The van der Waals surface area contributed by atoms with E-state index in [9.17, 15) is 0 Å². The third-order valence-corrected chi connectivity index (χ3v) is 4.51. The number of aliphatic imine (C=N–C) groups is 1. The zero-order chi connectivity index (χ0) is 16.4. The van der Waals surface area contributed by atoms with E-state index < -0.39 is 0 Å². The van der Waals surface area contributed by atoms with Crippen molar-refractivity contribution in [3.05, 3.63) is 59.7 Å². The van der Waals surface area contributed by atoms with Crippen molar-refractivity contribution < 1.29 is 4.74 Å². The molecule has 0 bridgehead atoms. The van der Waals surface area contributed by atoms with Crippen molar-refractivity contribution in [2.24, 2.45) is 4.99 Å². The molecular formula is C19H22N4O. The number of para-hydroxylation sites is 2. The van der Waals surface area contributed by atoms with E-state index in [2.05, 4.69) is 46.1 Å². The van der Waals surface area contributed by atoms with E-state index >= 15 is 0 Å². The summed E-state index contributed by atoms with van der Waals surface area (Å²) < 4.78 is 5.53. The molecule has 24 heavy (non-hydrogen) atoms. The molecule has 0 aliphatic carbocycles. The Balaban J connectivity index is 1.77. The Bertz CT molecular complexity index is 753. The molecule has 0 aromatic heterocycles. The maximum atomic E-state index is 5.53. The van der Waals surface area contributed by atoms with Crippen LogP contribution < -0.4 is 15.5 Å². The summed E-state index contributed by atoms with van der Waals surface area (Å²) in [5.41, 5.74) is 6.76. The van der Waals surface area contributed by atoms with Crippen LogP contribution in [-0.2, 0) is 0 Å². The van der Waals surface area contributed by atoms with Crippen LogP contribution in [0.5, 0.6) is 5.75 Å². The Labute approximate surface area is 142 Å². The van der Waals surface area contributed by atoms with Gasteiger partial charge in [0.25, 0.3) is 0 Å². The third-order valence-electron chi connectivity index (χ3n) is 4.51. The van der Waals surface area contributed by atoms with Gasteiger partial charge in [-0.25, -0.2) is 10.4 Å². The smallest absolute Gasteiger partial charge is 0.150 e. The molecule has 0 amide bonds. The summed E-state index contributed by atoms with van der Waals surface area (Å²) in [5.74, 6) is 1.85. The van der Waals surface area contributed by atoms with Crippen molar-refractivity contribution in [3.8, 4) is 5.75 Å². The van der Waals surface area contributed by atoms with Gasteiger partial charge in [0.2, 0.25) is 0 Å². The summed E-state index contributed by atoms with van der Waals surface area (Å²) in [7, 11) is 1.70. The van der Waals surface area contributed by atoms with E-state index in [1.54, 1.807) is 7.11 Å². The molecule has 2 aliphatic heterocycles. The van der Waals surface area contributed by atoms with Crippen LogP contribution in [0.2, 0.25) is 0 Å². The van der Waals surface area contributed by atoms with Crippen LogP contribution in [-0.4, -0.2) is 31.0 Å². The first-order valence-corrected chi connectivity index (χ1v) is 8.44. The molecule has 4 rings (SSSR count). The molecule has 2 aromatic carbocycles. The summed E-state index contributed by atoms with van der Waals surface area (Å²) in [6.07, 6.45) is 2.23. The number of rotatable bonds is 2. The van der Waals surface area contributed by atoms with E-state index in [0.717, 1.165) is 41.5 Å². The fourth-order valence-corrected chi connectivity index (χ4v) is 3.30. The predicted molar refractivity (Wildman–Crippen MR) is 96.3 cm³/mol. The zero-order valence-corrected chi connectivity index (χ0v) is 13.8. The predicted octanol–water partition coefficient (Wildman–Crippen LogP) is 3.17. The van der Waals surface area contributed by atoms with Gasteiger partial charge in [-0.3, -0.25) is 5.01 Å². The summed E-state index contributed by atoms with van der Waals surface area (Å²) >= 11 is 0. The summed E-state index contributed by atoms with van der Waals surface area (Å²) in [6.45, 7) is 1.97. The number of fused-ring (bicyclic) bond motifs is 1. The van der Waals surface area contributed by atoms with E-state index in [1.807, 2.05) is 18.2 Å². The van der Waals surface area contributed by atoms with Gasteiger partial charge in [-0.05, 0) is 31.0 Å². The Kier molecular flexibility index (Phi) is 4.09. The lowest BCUT2D eigenvalue weighted by Gasteiger charge is -2.35. The maximum Gasteiger partial charge on any atom is 0.150 e. The van der Waals surface area contributed by atoms with E-state index in [0.29, 0.717) is 0 Å². The van der Waals surface area contributed by atoms with Crippen molar-refractivity contribution >= 4 is 11.5 Å². The molecule has 1 fully saturated rings. The van der Waals surface area contributed by atoms with Crippen molar-refractivity contribution in [2.45, 2.75) is 19.0 Å². The van der Waals surface area contributed by atoms with Crippen LogP contribution in [0.15, 0.2) is 53.5 Å². The number of nitrogens with zero attached hydrogens (tertiary/aromatic N) is 2. The third kappa shape index (κ3) is 2.71. The second-order valence-electron chi connectivity index (χ2n) is 6.05. The second kappa shape index (κ2) is 6.53. The minimum Gasteiger partial charge on any atom is -0.496 e. The number of benzene rings is 2. The fourth-order valence-electron chi connectivity index (χ4n) is 3.30. The molecule has 1 saturated heterocycles. The van der Waals surface area contributed by atoms with Gasteiger partial charge < -0.3 is 10.1 Å². The SMILES string of the molecule is COc1ccccc1C1N=C(N2CCCCN2)c2ccccc2N1. The summed E-state index contributed by atoms with van der Waals surface area (Å²) in [5, 5.41) is 5.72. The average molecular weight is 322 g/mol. The van der Waals surface area contributed by atoms with Gasteiger partial charge in [0, 0.05) is 29.9 Å². The van der Waals surface area contributed by atoms with Crippen molar-refractivity contribution in [3.63, 3.8) is 0 Å². The standard InChI is InChI=1S/C19H22N4O/c1-24-17-11-5-3-9-15(17)18-21-16-10-4-2-8-14(16)19(22-18)23-13-7-6-12-20-23/h2-5,8-11,18,20-21H,6-7,12-13H2,1H3. The zero-order valence-electron chi connectivity index (χ0n) is 13.8. The van der Waals surface area contributed by atoms with Crippen molar-refractivity contribution in [1.82, 2.24) is 10.4 Å². The molecule has 0 saturated carbocycles. The highest BCUT2D eigenvalue weighted by Gasteiger charge is 2.27. The van der Waals surface area contributed by atoms with Crippen LogP contribution in [0.4, 0.5) is 5.69 Å². The van der Waals surface area contributed by atoms with Crippen LogP contribution in [0.25, 0.3) is 0 Å². The number of ether oxygens (including phenoxy) is 1. The van der Waals surface area contributed by atoms with Gasteiger partial charge in [-0.1, -0.05) is 30.3 Å². The number of hydrogen-bond acceptors (Lipinski definition) is 5. The maximum absolute atomic E-state index is 5.53. The number of nitrogens with one attached hydrogen (secondary N) is 2. The molecule has 124 valence electrons. The van der Waals surface area contributed by atoms with E-state index in [4.69, 9.17) is 9.73 Å². The fraction of sp³-hybridized carbons (Fsp3) is 0.316. The van der Waals surface area contributed by atoms with Crippen LogP contribution in [0, 0.1) is 0 Å². The molecule has 2 heterocycles. The topological polar surface area (TPSA) is 48.9 Å². The highest BCUT2D eigenvalue weighted by molar-refractivity contribution is 6.04. The monoisotopic (exact) mass is 322 g/mol. The lowest BCUT2D eigenvalue weighted by Crippen LogP contribution is -2.48. The minimum absolute atomic E-state index is 0.158. The molecule has 0 spiro atoms. The van der Waals surface area contributed by atoms with Gasteiger partial charge in [-0.15, -0.1) is 0 Å². The lowest BCUT2D eigenvalue weighted by molar-refractivity contribution is 0.256. The number of amidine groups is 1. The first-order valence-electron chi connectivity index (χ1n) is 8.44. The van der Waals surface area contributed by atoms with Gasteiger partial charge in [-0.2, -0.15) is 0 Å². The Morgan fingerprint density at radius 2 is 1.92 bits per heavy atom. The summed E-state index contributed by atoms with van der Waals surface area (Å²) in [4.78, 5) is 5.01. The Hall–Kier alpha value is -2.53. The van der Waals surface area contributed by atoms with Gasteiger partial charge in [0.05, 0.1) is 7.11 Å². The number of anilines is 1. The second-order valence-corrected chi connectivity index (χ2v) is 6.05. The highest BCUT2D eigenvalue weighted by Crippen LogP contribution is 2.34. The highest BCUT2D eigenvalue weighted by atomic mass is 16.5. The number of hydrazine groups is 1. The molecule has 5 nitrogen and oxygen atoms in total. The average Bonchev–Trinajstić information content (AvgIpc) is 2.67. The normalized spacial score (nSPS) is 20.0. The van der Waals surface area contributed by atoms with Crippen LogP contribution in [0.1, 0.15) is 30.1 Å². The first-order chi connectivity index (χ1) is 11.9. The largest absolute Gasteiger partial charge is 0.496 e. The minimum atomic E-state index is -0.158. The number of methoxy groups -OCH3 is 1. The van der Waals surface area contributed by atoms with Gasteiger partial charge in [0.15, 0.2) is 6.17 Å². The Morgan fingerprint density at radius 1 is 1.08 bits per heavy atom. The molecular weight excluding hydrogens is 300 g/mol. The van der Waals surface area contributed by atoms with Crippen LogP contribution >= 0.6 is 0 Å². The first kappa shape index (κ1) is 15.0. The molecule has 5 heteroatoms. The van der Waals surface area contributed by atoms with E-state index in [-0.39, 0.29) is 6.17 Å². The van der Waals surface area contributed by atoms with Gasteiger partial charge in [0.1, 0.15) is 11.6 Å². The van der Waals surface area contributed by atoms with Gasteiger partial charge >= 0.3 is 0 Å². The van der Waals surface area contributed by atoms with Crippen molar-refractivity contribution in [2.75, 3.05) is 25.5 Å². The summed E-state index contributed by atoms with van der Waals surface area (Å²) in [6, 6.07) is 16.4. The molecule has 0 radical (unpaired) electrons. The van der Waals surface area contributed by atoms with Crippen molar-refractivity contribution in [1.29, 1.82) is 0 Å². The molecule has 2 N–H and O–H groups in total. The Morgan fingerprint density at radius 3 is 2.75 bits per heavy atom.